The molecular weight excluding hydrogens is 941 g/mol. The number of carboxylic acids is 1. The van der Waals surface area contributed by atoms with E-state index in [4.69, 9.17) is 5.11 Å². The van der Waals surface area contributed by atoms with E-state index in [2.05, 4.69) is 0 Å². The first-order valence-electron chi connectivity index (χ1n) is 19.2. The van der Waals surface area contributed by atoms with Crippen LogP contribution in [0.15, 0.2) is 104 Å². The van der Waals surface area contributed by atoms with Crippen molar-refractivity contribution in [3.8, 4) is 0 Å². The molecule has 0 amide bonds. The lowest BCUT2D eigenvalue weighted by molar-refractivity contribution is -0.137. The molecule has 0 aliphatic heterocycles. The van der Waals surface area contributed by atoms with Crippen molar-refractivity contribution in [2.24, 2.45) is 0 Å². The van der Waals surface area contributed by atoms with Gasteiger partial charge in [-0.1, -0.05) is 42.9 Å². The molecule has 0 fully saturated rings. The lowest BCUT2D eigenvalue weighted by Gasteiger charge is -2.31. The van der Waals surface area contributed by atoms with E-state index in [1.165, 1.54) is 25.1 Å². The number of fused-ring (bicyclic) bond motifs is 2. The number of aryl methyl sites for hydroxylation is 2. The molecule has 0 aromatic heterocycles. The standard InChI is InChI=1S/C40H48N2O17S5/c1-26(41(19-10-6-9-14-40(43)44)36-17-15-32-34(28(36)3)22-30(61(48,49)50)24-38(32)63(54,55)56)12-7-5-8-13-27(2)42(20-11-21-60(45,46)47)37-18-16-33-35(29(37)4)23-31(62(51,52)53)25-39(33)64(57,58)59/h5,7-8,12-13,15-18,22-25,27H,6,9-11,14,19-21H2,1-4H3,(H,43,44)(H,45,46,47)(H,48,49,50)(H,51,52,53)(H,54,55,56)(H,57,58,59)/b7-5+,13-8+,26-12+. The minimum atomic E-state index is -4.97. The summed E-state index contributed by atoms with van der Waals surface area (Å²) >= 11 is 0. The first-order valence-corrected chi connectivity index (χ1v) is 26.6. The average molecular weight is 989 g/mol. The van der Waals surface area contributed by atoms with E-state index in [1.54, 1.807) is 62.1 Å². The van der Waals surface area contributed by atoms with E-state index in [-0.39, 0.29) is 40.9 Å². The summed E-state index contributed by atoms with van der Waals surface area (Å²) in [5.74, 6) is -1.56. The Kier molecular flexibility index (Phi) is 16.4. The van der Waals surface area contributed by atoms with E-state index >= 15 is 0 Å². The van der Waals surface area contributed by atoms with Gasteiger partial charge in [0.2, 0.25) is 0 Å². The molecule has 1 atom stereocenters. The van der Waals surface area contributed by atoms with Crippen molar-refractivity contribution < 1.29 is 74.8 Å². The zero-order chi connectivity index (χ0) is 48.2. The number of aliphatic carboxylic acids is 1. The molecule has 4 aromatic carbocycles. The third kappa shape index (κ3) is 13.4. The molecule has 4 aromatic rings. The van der Waals surface area contributed by atoms with Crippen LogP contribution in [0.3, 0.4) is 0 Å². The Morgan fingerprint density at radius 1 is 0.609 bits per heavy atom. The highest BCUT2D eigenvalue weighted by atomic mass is 32.2. The van der Waals surface area contributed by atoms with Crippen LogP contribution < -0.4 is 9.80 Å². The molecule has 0 saturated carbocycles. The molecule has 1 unspecified atom stereocenters. The SMILES string of the molecule is C\C(=C/C=C/C=C/C(C)N(CCCS(=O)(=O)O)c1ccc2c(S(=O)(=O)O)cc(S(=O)(=O)O)cc2c1C)N(CCCCCC(=O)O)c1ccc2c(S(=O)(=O)O)cc(S(=O)(=O)O)cc2c1C. The van der Waals surface area contributed by atoms with E-state index in [1.807, 2.05) is 4.90 Å². The van der Waals surface area contributed by atoms with Gasteiger partial charge in [0.15, 0.2) is 0 Å². The fraction of sp³-hybridized carbons (Fsp3) is 0.325. The summed E-state index contributed by atoms with van der Waals surface area (Å²) in [5, 5.41) is 9.19. The summed E-state index contributed by atoms with van der Waals surface area (Å²) in [7, 11) is -24.1. The fourth-order valence-corrected chi connectivity index (χ4v) is 10.4. The van der Waals surface area contributed by atoms with Crippen LogP contribution in [0, 0.1) is 13.8 Å². The van der Waals surface area contributed by atoms with Crippen LogP contribution in [0.25, 0.3) is 21.5 Å². The van der Waals surface area contributed by atoms with Crippen molar-refractivity contribution in [1.29, 1.82) is 0 Å². The van der Waals surface area contributed by atoms with E-state index in [9.17, 15) is 69.6 Å². The molecule has 0 aliphatic rings. The predicted octanol–water partition coefficient (Wildman–Crippen LogP) is 6.24. The van der Waals surface area contributed by atoms with Crippen LogP contribution in [-0.4, -0.2) is 101 Å². The van der Waals surface area contributed by atoms with Gasteiger partial charge in [-0.05, 0) is 111 Å². The minimum absolute atomic E-state index is 0.00466. The Balaban J connectivity index is 1.75. The summed E-state index contributed by atoms with van der Waals surface area (Å²) in [6, 6.07) is 8.66. The summed E-state index contributed by atoms with van der Waals surface area (Å²) in [4.78, 5) is 11.6. The molecule has 64 heavy (non-hydrogen) atoms. The maximum atomic E-state index is 12.3. The Morgan fingerprint density at radius 3 is 1.58 bits per heavy atom. The monoisotopic (exact) mass is 988 g/mol. The van der Waals surface area contributed by atoms with Gasteiger partial charge in [-0.2, -0.15) is 42.1 Å². The number of carbonyl (C=O) groups is 1. The maximum absolute atomic E-state index is 12.3. The van der Waals surface area contributed by atoms with Crippen LogP contribution in [0.2, 0.25) is 0 Å². The van der Waals surface area contributed by atoms with Crippen LogP contribution in [0.4, 0.5) is 11.4 Å². The van der Waals surface area contributed by atoms with Crippen LogP contribution in [-0.2, 0) is 55.4 Å². The molecule has 0 radical (unpaired) electrons. The van der Waals surface area contributed by atoms with Crippen molar-refractivity contribution in [2.45, 2.75) is 85.4 Å². The Labute approximate surface area is 372 Å². The molecule has 19 nitrogen and oxygen atoms in total. The van der Waals surface area contributed by atoms with Crippen molar-refractivity contribution in [3.63, 3.8) is 0 Å². The lowest BCUT2D eigenvalue weighted by Crippen LogP contribution is -2.34. The van der Waals surface area contributed by atoms with Gasteiger partial charge in [0.25, 0.3) is 50.6 Å². The van der Waals surface area contributed by atoms with E-state index < -0.39 is 87.9 Å². The number of nitrogens with zero attached hydrogens (tertiary/aromatic N) is 2. The van der Waals surface area contributed by atoms with E-state index in [0.717, 1.165) is 12.1 Å². The summed E-state index contributed by atoms with van der Waals surface area (Å²) in [6.45, 7) is 7.00. The Hall–Kier alpha value is -4.76. The van der Waals surface area contributed by atoms with Gasteiger partial charge in [-0.15, -0.1) is 0 Å². The lowest BCUT2D eigenvalue weighted by atomic mass is 10.0. The van der Waals surface area contributed by atoms with Gasteiger partial charge < -0.3 is 14.9 Å². The number of allylic oxidation sites excluding steroid dienone is 5. The average Bonchev–Trinajstić information content (AvgIpc) is 3.16. The first kappa shape index (κ1) is 51.9. The van der Waals surface area contributed by atoms with Crippen LogP contribution in [0.5, 0.6) is 0 Å². The molecule has 0 aliphatic carbocycles. The molecule has 0 saturated heterocycles. The number of carboxylic acid groups (broad SMARTS) is 1. The molecule has 24 heteroatoms. The largest absolute Gasteiger partial charge is 0.481 e. The van der Waals surface area contributed by atoms with Crippen molar-refractivity contribution >= 4 is 89.5 Å². The van der Waals surface area contributed by atoms with Gasteiger partial charge in [-0.25, -0.2) is 0 Å². The van der Waals surface area contributed by atoms with Crippen molar-refractivity contribution in [3.05, 3.63) is 95.7 Å². The molecule has 0 spiro atoms. The highest BCUT2D eigenvalue weighted by molar-refractivity contribution is 7.87. The highest BCUT2D eigenvalue weighted by Crippen LogP contribution is 2.37. The van der Waals surface area contributed by atoms with Gasteiger partial charge in [0, 0.05) is 53.4 Å². The number of rotatable bonds is 21. The van der Waals surface area contributed by atoms with Crippen LogP contribution in [0.1, 0.15) is 57.1 Å². The molecule has 4 rings (SSSR count). The predicted molar refractivity (Wildman–Crippen MR) is 240 cm³/mol. The topological polar surface area (TPSA) is 316 Å². The van der Waals surface area contributed by atoms with Gasteiger partial charge in [0.05, 0.1) is 15.5 Å². The zero-order valence-corrected chi connectivity index (χ0v) is 38.9. The molecule has 350 valence electrons. The summed E-state index contributed by atoms with van der Waals surface area (Å²) in [6.07, 6.45) is 9.77. The molecule has 0 heterocycles. The normalized spacial score (nSPS) is 13.9. The Bertz CT molecular complexity index is 3130. The van der Waals surface area contributed by atoms with Gasteiger partial charge in [0.1, 0.15) is 9.79 Å². The number of benzene rings is 4. The molecule has 6 N–H and O–H groups in total. The second-order valence-electron chi connectivity index (χ2n) is 14.9. The summed E-state index contributed by atoms with van der Waals surface area (Å²) in [5.41, 5.74) is 2.23. The fourth-order valence-electron chi connectivity index (χ4n) is 7.19. The number of anilines is 2. The van der Waals surface area contributed by atoms with E-state index in [0.29, 0.717) is 66.1 Å². The zero-order valence-electron chi connectivity index (χ0n) is 34.8. The van der Waals surface area contributed by atoms with Crippen molar-refractivity contribution in [2.75, 3.05) is 28.6 Å². The molecular formula is C40H48N2O17S5. The third-order valence-corrected chi connectivity index (χ3v) is 14.6. The van der Waals surface area contributed by atoms with Gasteiger partial charge in [-0.3, -0.25) is 27.6 Å². The van der Waals surface area contributed by atoms with Crippen LogP contribution >= 0.6 is 0 Å². The minimum Gasteiger partial charge on any atom is -0.481 e. The molecule has 0 bridgehead atoms. The summed E-state index contributed by atoms with van der Waals surface area (Å²) < 4.78 is 169. The number of hydrogen-bond acceptors (Lipinski definition) is 13. The first-order chi connectivity index (χ1) is 29.4. The maximum Gasteiger partial charge on any atom is 0.303 e. The Morgan fingerprint density at radius 2 is 1.11 bits per heavy atom. The van der Waals surface area contributed by atoms with Crippen molar-refractivity contribution in [1.82, 2.24) is 0 Å². The number of hydrogen-bond donors (Lipinski definition) is 6. The van der Waals surface area contributed by atoms with Gasteiger partial charge >= 0.3 is 5.97 Å². The second kappa shape index (κ2) is 20.2. The number of unbranched alkanes of at least 4 members (excludes halogenated alkanes) is 2. The smallest absolute Gasteiger partial charge is 0.303 e. The quantitative estimate of drug-likeness (QED) is 0.0306. The third-order valence-electron chi connectivity index (χ3n) is 10.3. The highest BCUT2D eigenvalue weighted by Gasteiger charge is 2.26. The second-order valence-corrected chi connectivity index (χ2v) is 22.1.